The molecule has 3 heterocycles. The van der Waals surface area contributed by atoms with Gasteiger partial charge in [0.15, 0.2) is 0 Å². The van der Waals surface area contributed by atoms with Gasteiger partial charge in [-0.15, -0.1) is 0 Å². The minimum Gasteiger partial charge on any atom is -0.382 e. The van der Waals surface area contributed by atoms with Crippen LogP contribution in [0.15, 0.2) is 48.2 Å². The van der Waals surface area contributed by atoms with E-state index in [1.165, 1.54) is 12.1 Å². The Labute approximate surface area is 185 Å². The molecule has 3 nitrogen and oxygen atoms in total. The molecule has 3 N–H and O–H groups in total. The topological polar surface area (TPSA) is 36.1 Å². The molecule has 0 fully saturated rings. The van der Waals surface area contributed by atoms with Crippen molar-refractivity contribution >= 4 is 0 Å². The first-order valence-electron chi connectivity index (χ1n) is 11.9. The van der Waals surface area contributed by atoms with Gasteiger partial charge in [0.2, 0.25) is 0 Å². The summed E-state index contributed by atoms with van der Waals surface area (Å²) in [4.78, 5) is 0. The summed E-state index contributed by atoms with van der Waals surface area (Å²) in [5, 5.41) is 11.5. The van der Waals surface area contributed by atoms with E-state index in [-0.39, 0.29) is 16.2 Å². The van der Waals surface area contributed by atoms with Crippen LogP contribution in [0.3, 0.4) is 0 Å². The quantitative estimate of drug-likeness (QED) is 0.506. The van der Waals surface area contributed by atoms with Gasteiger partial charge in [0.25, 0.3) is 0 Å². The largest absolute Gasteiger partial charge is 0.382 e. The molecule has 30 heavy (non-hydrogen) atoms. The summed E-state index contributed by atoms with van der Waals surface area (Å²) >= 11 is 0. The lowest BCUT2D eigenvalue weighted by molar-refractivity contribution is 0.170. The molecule has 3 heteroatoms. The summed E-state index contributed by atoms with van der Waals surface area (Å²) in [6.07, 6.45) is 20.7. The average molecular weight is 412 g/mol. The van der Waals surface area contributed by atoms with E-state index in [1.54, 1.807) is 0 Å². The van der Waals surface area contributed by atoms with Gasteiger partial charge in [0, 0.05) is 36.4 Å². The van der Waals surface area contributed by atoms with Gasteiger partial charge < -0.3 is 16.0 Å². The summed E-state index contributed by atoms with van der Waals surface area (Å²) in [6, 6.07) is 1.90. The van der Waals surface area contributed by atoms with E-state index in [1.807, 2.05) is 0 Å². The molecule has 4 atom stereocenters. The van der Waals surface area contributed by atoms with Crippen molar-refractivity contribution in [3.05, 3.63) is 48.2 Å². The zero-order valence-corrected chi connectivity index (χ0v) is 20.4. The Morgan fingerprint density at radius 2 is 1.63 bits per heavy atom. The molecule has 0 bridgehead atoms. The number of hydrogen-bond acceptors (Lipinski definition) is 3. The number of rotatable bonds is 6. The van der Waals surface area contributed by atoms with Crippen molar-refractivity contribution in [2.24, 2.45) is 16.2 Å². The number of nitrogens with one attached hydrogen (secondary N) is 3. The van der Waals surface area contributed by atoms with E-state index in [9.17, 15) is 0 Å². The Bertz CT molecular complexity index is 702. The van der Waals surface area contributed by atoms with Crippen molar-refractivity contribution in [3.63, 3.8) is 0 Å². The molecule has 0 aromatic carbocycles. The van der Waals surface area contributed by atoms with Crippen LogP contribution in [-0.4, -0.2) is 30.7 Å². The summed E-state index contributed by atoms with van der Waals surface area (Å²) in [5.74, 6) is 0. The number of hydrogen-bond donors (Lipinski definition) is 3. The van der Waals surface area contributed by atoms with Crippen molar-refractivity contribution < 1.29 is 0 Å². The maximum absolute atomic E-state index is 4.01. The molecule has 168 valence electrons. The smallest absolute Gasteiger partial charge is 0.0492 e. The summed E-state index contributed by atoms with van der Waals surface area (Å²) in [6.45, 7) is 17.6. The zero-order chi connectivity index (χ0) is 22.0. The Balaban J connectivity index is 1.60. The molecule has 0 aromatic heterocycles. The Kier molecular flexibility index (Phi) is 7.04. The van der Waals surface area contributed by atoms with Crippen molar-refractivity contribution in [1.29, 1.82) is 0 Å². The van der Waals surface area contributed by atoms with Crippen LogP contribution >= 0.6 is 0 Å². The van der Waals surface area contributed by atoms with E-state index < -0.39 is 0 Å². The van der Waals surface area contributed by atoms with Crippen LogP contribution in [0.25, 0.3) is 0 Å². The molecule has 0 saturated carbocycles. The Morgan fingerprint density at radius 3 is 2.30 bits per heavy atom. The van der Waals surface area contributed by atoms with Gasteiger partial charge in [-0.25, -0.2) is 0 Å². The molecule has 0 aliphatic carbocycles. The first-order chi connectivity index (χ1) is 14.0. The van der Waals surface area contributed by atoms with Gasteiger partial charge in [0.1, 0.15) is 0 Å². The van der Waals surface area contributed by atoms with Crippen molar-refractivity contribution in [2.75, 3.05) is 6.54 Å². The van der Waals surface area contributed by atoms with Crippen LogP contribution in [0.2, 0.25) is 0 Å². The normalized spacial score (nSPS) is 30.2. The van der Waals surface area contributed by atoms with Crippen LogP contribution in [0.4, 0.5) is 0 Å². The van der Waals surface area contributed by atoms with Crippen LogP contribution in [0.5, 0.6) is 0 Å². The van der Waals surface area contributed by atoms with Gasteiger partial charge in [-0.2, -0.15) is 0 Å². The lowest BCUT2D eigenvalue weighted by Gasteiger charge is -2.43. The SMILES string of the molecule is CC(C)(C)C1C=CC=C(CC(C)(C)C2C=CCC(CC(C)(C)C3CC=CCN3)N2)N1. The predicted molar refractivity (Wildman–Crippen MR) is 130 cm³/mol. The molecule has 0 spiro atoms. The first kappa shape index (κ1) is 23.3. The highest BCUT2D eigenvalue weighted by atomic mass is 15.0. The molecule has 0 aromatic rings. The summed E-state index contributed by atoms with van der Waals surface area (Å²) in [5.41, 5.74) is 2.01. The highest BCUT2D eigenvalue weighted by Gasteiger charge is 2.37. The monoisotopic (exact) mass is 411 g/mol. The van der Waals surface area contributed by atoms with E-state index in [0.29, 0.717) is 24.2 Å². The molecule has 4 unspecified atom stereocenters. The van der Waals surface area contributed by atoms with Gasteiger partial charge in [0.05, 0.1) is 0 Å². The first-order valence-corrected chi connectivity index (χ1v) is 11.9. The number of dihydropyridines is 1. The van der Waals surface area contributed by atoms with E-state index in [0.717, 1.165) is 25.8 Å². The Hall–Kier alpha value is -1.32. The third-order valence-corrected chi connectivity index (χ3v) is 7.26. The minimum absolute atomic E-state index is 0.150. The lowest BCUT2D eigenvalue weighted by atomic mass is 9.73. The second kappa shape index (κ2) is 9.04. The molecule has 0 radical (unpaired) electrons. The zero-order valence-electron chi connectivity index (χ0n) is 20.4. The molecule has 3 aliphatic heterocycles. The van der Waals surface area contributed by atoms with Crippen LogP contribution in [0, 0.1) is 16.2 Å². The van der Waals surface area contributed by atoms with Crippen molar-refractivity contribution in [3.8, 4) is 0 Å². The third kappa shape index (κ3) is 5.88. The second-order valence-electron chi connectivity index (χ2n) is 12.1. The standard InChI is InChI=1S/C27H45N3/c1-25(2,3)22-15-10-12-20(29-22)19-27(6,7)24-16-11-13-21(30-24)18-26(4,5)23-14-8-9-17-28-23/h8-12,15-16,21-24,28-30H,13-14,17-19H2,1-7H3. The van der Waals surface area contributed by atoms with Gasteiger partial charge >= 0.3 is 0 Å². The number of allylic oxidation sites excluding steroid dienone is 3. The van der Waals surface area contributed by atoms with Crippen LogP contribution in [0.1, 0.15) is 74.1 Å². The third-order valence-electron chi connectivity index (χ3n) is 7.26. The minimum atomic E-state index is 0.150. The maximum Gasteiger partial charge on any atom is 0.0492 e. The van der Waals surface area contributed by atoms with Crippen LogP contribution in [-0.2, 0) is 0 Å². The second-order valence-corrected chi connectivity index (χ2v) is 12.1. The Morgan fingerprint density at radius 1 is 0.867 bits per heavy atom. The van der Waals surface area contributed by atoms with Gasteiger partial charge in [-0.1, -0.05) is 84.9 Å². The summed E-state index contributed by atoms with van der Waals surface area (Å²) in [7, 11) is 0. The van der Waals surface area contributed by atoms with Crippen molar-refractivity contribution in [1.82, 2.24) is 16.0 Å². The van der Waals surface area contributed by atoms with E-state index >= 15 is 0 Å². The summed E-state index contributed by atoms with van der Waals surface area (Å²) < 4.78 is 0. The van der Waals surface area contributed by atoms with Gasteiger partial charge in [-0.05, 0) is 48.0 Å². The fourth-order valence-corrected chi connectivity index (χ4v) is 5.16. The fraction of sp³-hybridized carbons (Fsp3) is 0.704. The fourth-order valence-electron chi connectivity index (χ4n) is 5.16. The van der Waals surface area contributed by atoms with E-state index in [2.05, 4.69) is 107 Å². The predicted octanol–water partition coefficient (Wildman–Crippen LogP) is 5.48. The molecule has 3 rings (SSSR count). The average Bonchev–Trinajstić information content (AvgIpc) is 2.68. The maximum atomic E-state index is 4.01. The molecular weight excluding hydrogens is 366 g/mol. The van der Waals surface area contributed by atoms with Crippen molar-refractivity contribution in [2.45, 2.75) is 98.3 Å². The molecular formula is C27H45N3. The van der Waals surface area contributed by atoms with Gasteiger partial charge in [-0.3, -0.25) is 0 Å². The highest BCUT2D eigenvalue weighted by molar-refractivity contribution is 5.24. The molecule has 0 saturated heterocycles. The molecule has 0 amide bonds. The van der Waals surface area contributed by atoms with E-state index in [4.69, 9.17) is 0 Å². The molecule has 3 aliphatic rings. The van der Waals surface area contributed by atoms with Crippen LogP contribution < -0.4 is 16.0 Å². The lowest BCUT2D eigenvalue weighted by Crippen LogP contribution is -2.52. The highest BCUT2D eigenvalue weighted by Crippen LogP contribution is 2.36.